The molecule has 1 fully saturated rings. The molecule has 0 aromatic heterocycles. The zero-order chi connectivity index (χ0) is 19.6. The highest BCUT2D eigenvalue weighted by Crippen LogP contribution is 2.34. The minimum atomic E-state index is -0.575. The van der Waals surface area contributed by atoms with Crippen molar-refractivity contribution in [2.24, 2.45) is 5.92 Å². The van der Waals surface area contributed by atoms with E-state index in [2.05, 4.69) is 33.5 Å². The fourth-order valence-corrected chi connectivity index (χ4v) is 4.34. The predicted octanol–water partition coefficient (Wildman–Crippen LogP) is 4.21. The van der Waals surface area contributed by atoms with Crippen LogP contribution in [-0.4, -0.2) is 25.2 Å². The quantitative estimate of drug-likeness (QED) is 0.693. The van der Waals surface area contributed by atoms with Crippen LogP contribution < -0.4 is 15.4 Å². The number of hydrogen-bond donors (Lipinski definition) is 2. The Kier molecular flexibility index (Phi) is 6.09. The number of halogens is 1. The molecule has 2 N–H and O–H groups in total. The average molecular weight is 437 g/mol. The highest BCUT2D eigenvalue weighted by molar-refractivity contribution is 9.10. The van der Waals surface area contributed by atoms with Gasteiger partial charge in [-0.05, 0) is 65.7 Å². The van der Waals surface area contributed by atoms with Crippen LogP contribution in [0.1, 0.15) is 51.1 Å². The molecule has 7 heteroatoms. The normalized spacial score (nSPS) is 25.5. The Labute approximate surface area is 167 Å². The van der Waals surface area contributed by atoms with Crippen molar-refractivity contribution in [1.82, 2.24) is 10.6 Å². The van der Waals surface area contributed by atoms with E-state index >= 15 is 0 Å². The predicted molar refractivity (Wildman–Crippen MR) is 105 cm³/mol. The van der Waals surface area contributed by atoms with Gasteiger partial charge < -0.3 is 20.1 Å². The van der Waals surface area contributed by atoms with Crippen molar-refractivity contribution in [1.29, 1.82) is 0 Å². The number of amides is 2. The van der Waals surface area contributed by atoms with Crippen molar-refractivity contribution < 1.29 is 19.1 Å². The second-order valence-corrected chi connectivity index (χ2v) is 8.12. The van der Waals surface area contributed by atoms with Gasteiger partial charge in [0.2, 0.25) is 0 Å². The number of esters is 1. The number of ether oxygens (including phenoxy) is 2. The lowest BCUT2D eigenvalue weighted by Gasteiger charge is -2.31. The van der Waals surface area contributed by atoms with Crippen molar-refractivity contribution in [3.8, 4) is 5.75 Å². The zero-order valence-corrected chi connectivity index (χ0v) is 17.4. The fourth-order valence-electron chi connectivity index (χ4n) is 3.78. The van der Waals surface area contributed by atoms with E-state index in [4.69, 9.17) is 9.47 Å². The summed E-state index contributed by atoms with van der Waals surface area (Å²) in [6, 6.07) is 4.57. The van der Waals surface area contributed by atoms with Crippen molar-refractivity contribution in [3.63, 3.8) is 0 Å². The van der Waals surface area contributed by atoms with E-state index in [9.17, 15) is 9.59 Å². The Bertz CT molecular complexity index is 777. The maximum absolute atomic E-state index is 13.0. The molecule has 2 amide bonds. The monoisotopic (exact) mass is 436 g/mol. The summed E-state index contributed by atoms with van der Waals surface area (Å²) in [5.74, 6) is 0.861. The number of nitrogens with one attached hydrogen (secondary N) is 2. The number of allylic oxidation sites excluding steroid dienone is 1. The van der Waals surface area contributed by atoms with Gasteiger partial charge in [-0.3, -0.25) is 0 Å². The van der Waals surface area contributed by atoms with E-state index in [1.165, 1.54) is 6.42 Å². The van der Waals surface area contributed by atoms with Crippen LogP contribution in [0.2, 0.25) is 0 Å². The van der Waals surface area contributed by atoms with E-state index in [0.717, 1.165) is 29.3 Å². The van der Waals surface area contributed by atoms with Gasteiger partial charge in [0, 0.05) is 5.70 Å². The molecule has 1 saturated carbocycles. The van der Waals surface area contributed by atoms with E-state index in [0.29, 0.717) is 22.9 Å². The van der Waals surface area contributed by atoms with Crippen molar-refractivity contribution in [2.45, 2.75) is 51.7 Å². The molecule has 146 valence electrons. The number of carbonyl (C=O) groups excluding carboxylic acids is 2. The van der Waals surface area contributed by atoms with Gasteiger partial charge in [0.1, 0.15) is 11.9 Å². The van der Waals surface area contributed by atoms with Crippen LogP contribution in [0.5, 0.6) is 5.75 Å². The Morgan fingerprint density at radius 2 is 2.07 bits per heavy atom. The molecule has 27 heavy (non-hydrogen) atoms. The summed E-state index contributed by atoms with van der Waals surface area (Å²) < 4.78 is 11.8. The number of hydrogen-bond acceptors (Lipinski definition) is 4. The minimum absolute atomic E-state index is 0.0672. The number of rotatable bonds is 4. The maximum atomic E-state index is 13.0. The van der Waals surface area contributed by atoms with Crippen LogP contribution in [0.4, 0.5) is 4.79 Å². The Balaban J connectivity index is 1.87. The van der Waals surface area contributed by atoms with Crippen LogP contribution in [0, 0.1) is 5.92 Å². The van der Waals surface area contributed by atoms with E-state index in [1.54, 1.807) is 20.1 Å². The first-order valence-corrected chi connectivity index (χ1v) is 10.0. The lowest BCUT2D eigenvalue weighted by molar-refractivity contribution is -0.146. The lowest BCUT2D eigenvalue weighted by atomic mass is 9.88. The molecule has 1 aliphatic carbocycles. The number of methoxy groups -OCH3 is 1. The van der Waals surface area contributed by atoms with Gasteiger partial charge >= 0.3 is 12.0 Å². The van der Waals surface area contributed by atoms with Gasteiger partial charge in [-0.25, -0.2) is 9.59 Å². The molecule has 3 rings (SSSR count). The van der Waals surface area contributed by atoms with Crippen LogP contribution in [0.25, 0.3) is 0 Å². The number of benzene rings is 1. The molecule has 1 heterocycles. The van der Waals surface area contributed by atoms with Crippen molar-refractivity contribution in [2.75, 3.05) is 7.11 Å². The van der Waals surface area contributed by atoms with Gasteiger partial charge in [-0.15, -0.1) is 0 Å². The van der Waals surface area contributed by atoms with E-state index in [1.807, 2.05) is 12.1 Å². The summed E-state index contributed by atoms with van der Waals surface area (Å²) in [4.78, 5) is 25.0. The van der Waals surface area contributed by atoms with Gasteiger partial charge in [-0.2, -0.15) is 0 Å². The Morgan fingerprint density at radius 1 is 1.30 bits per heavy atom. The topological polar surface area (TPSA) is 76.7 Å². The van der Waals surface area contributed by atoms with Crippen LogP contribution in [0.3, 0.4) is 0 Å². The first-order chi connectivity index (χ1) is 12.9. The van der Waals surface area contributed by atoms with Crippen molar-refractivity contribution >= 4 is 27.9 Å². The summed E-state index contributed by atoms with van der Waals surface area (Å²) in [7, 11) is 1.59. The lowest BCUT2D eigenvalue weighted by Crippen LogP contribution is -2.45. The third-order valence-electron chi connectivity index (χ3n) is 5.16. The molecule has 0 bridgehead atoms. The molecule has 3 atom stereocenters. The van der Waals surface area contributed by atoms with Gasteiger partial charge in [0.25, 0.3) is 0 Å². The molecule has 0 unspecified atom stereocenters. The molecular weight excluding hydrogens is 412 g/mol. The van der Waals surface area contributed by atoms with Gasteiger partial charge in [0.05, 0.1) is 23.2 Å². The first-order valence-electron chi connectivity index (χ1n) is 9.21. The van der Waals surface area contributed by atoms with Crippen LogP contribution >= 0.6 is 15.9 Å². The molecule has 6 nitrogen and oxygen atoms in total. The maximum Gasteiger partial charge on any atom is 0.338 e. The average Bonchev–Trinajstić information content (AvgIpc) is 2.60. The smallest absolute Gasteiger partial charge is 0.338 e. The zero-order valence-electron chi connectivity index (χ0n) is 15.8. The highest BCUT2D eigenvalue weighted by atomic mass is 79.9. The molecule has 1 aromatic carbocycles. The fraction of sp³-hybridized carbons (Fsp3) is 0.500. The van der Waals surface area contributed by atoms with Gasteiger partial charge in [0.15, 0.2) is 0 Å². The molecule has 1 aliphatic heterocycles. The van der Waals surface area contributed by atoms with Gasteiger partial charge in [-0.1, -0.05) is 19.4 Å². The van der Waals surface area contributed by atoms with Crippen LogP contribution in [0.15, 0.2) is 33.9 Å². The molecular formula is C20H25BrN2O4. The van der Waals surface area contributed by atoms with Crippen molar-refractivity contribution in [3.05, 3.63) is 39.5 Å². The minimum Gasteiger partial charge on any atom is -0.496 e. The second kappa shape index (κ2) is 8.33. The Morgan fingerprint density at radius 3 is 2.74 bits per heavy atom. The number of carbonyl (C=O) groups is 2. The molecule has 2 aliphatic rings. The molecule has 1 aromatic rings. The summed E-state index contributed by atoms with van der Waals surface area (Å²) in [5.41, 5.74) is 1.73. The molecule has 0 saturated heterocycles. The highest BCUT2D eigenvalue weighted by Gasteiger charge is 2.34. The Hall–Kier alpha value is -2.02. The largest absolute Gasteiger partial charge is 0.496 e. The summed E-state index contributed by atoms with van der Waals surface area (Å²) >= 11 is 3.46. The van der Waals surface area contributed by atoms with E-state index < -0.39 is 6.04 Å². The molecule has 0 radical (unpaired) electrons. The summed E-state index contributed by atoms with van der Waals surface area (Å²) in [6.45, 7) is 3.91. The molecule has 0 spiro atoms. The second-order valence-electron chi connectivity index (χ2n) is 7.26. The van der Waals surface area contributed by atoms with Crippen LogP contribution in [-0.2, 0) is 9.53 Å². The first kappa shape index (κ1) is 19.7. The SMILES string of the molecule is COc1ccc([C@H]2NC(=O)NC(C)=C2C(=O)O[C@H]2CCC[C@@H](C)C2)cc1Br. The third kappa shape index (κ3) is 4.46. The summed E-state index contributed by atoms with van der Waals surface area (Å²) in [5, 5.41) is 5.52. The summed E-state index contributed by atoms with van der Waals surface area (Å²) in [6.07, 6.45) is 3.96. The standard InChI is InChI=1S/C20H25BrN2O4/c1-11-5-4-6-14(9-11)27-19(24)17-12(2)22-20(25)23-18(17)13-7-8-16(26-3)15(21)10-13/h7-8,10-11,14,18H,4-6,9H2,1-3H3,(H2,22,23,25)/t11-,14+,18-/m1/s1. The number of urea groups is 1. The van der Waals surface area contributed by atoms with E-state index in [-0.39, 0.29) is 18.1 Å². The third-order valence-corrected chi connectivity index (χ3v) is 5.78.